The van der Waals surface area contributed by atoms with Crippen LogP contribution in [0.25, 0.3) is 0 Å². The Kier molecular flexibility index (Phi) is 4.90. The highest BCUT2D eigenvalue weighted by Gasteiger charge is 2.29. The number of halogens is 3. The molecule has 0 rings (SSSR count). The van der Waals surface area contributed by atoms with E-state index in [4.69, 9.17) is 11.6 Å². The van der Waals surface area contributed by atoms with Crippen molar-refractivity contribution < 1.29 is 9.53 Å². The third-order valence-corrected chi connectivity index (χ3v) is 3.45. The second-order valence-electron chi connectivity index (χ2n) is 1.87. The number of ether oxygens (including phenoxy) is 1. The van der Waals surface area contributed by atoms with Crippen LogP contribution in [0.1, 0.15) is 6.92 Å². The van der Waals surface area contributed by atoms with Crippen molar-refractivity contribution in [3.63, 3.8) is 0 Å². The van der Waals surface area contributed by atoms with Crippen molar-refractivity contribution in [1.82, 2.24) is 0 Å². The van der Waals surface area contributed by atoms with Gasteiger partial charge in [0, 0.05) is 5.33 Å². The van der Waals surface area contributed by atoms with E-state index < -0.39 is 4.32 Å². The molecule has 10 heavy (non-hydrogen) atoms. The predicted octanol–water partition coefficient (Wildman–Crippen LogP) is 2.27. The number of hydrogen-bond acceptors (Lipinski definition) is 2. The highest BCUT2D eigenvalue weighted by Crippen LogP contribution is 2.21. The lowest BCUT2D eigenvalue weighted by Gasteiger charge is -2.15. The SMILES string of the molecule is CC(Br)(CBr)C(=O)OCCl. The van der Waals surface area contributed by atoms with Crippen LogP contribution in [-0.4, -0.2) is 21.7 Å². The van der Waals surface area contributed by atoms with Gasteiger partial charge < -0.3 is 4.74 Å². The minimum absolute atomic E-state index is 0.104. The largest absolute Gasteiger partial charge is 0.448 e. The maximum absolute atomic E-state index is 10.9. The Balaban J connectivity index is 3.91. The van der Waals surface area contributed by atoms with Gasteiger partial charge in [-0.2, -0.15) is 0 Å². The molecule has 1 unspecified atom stereocenters. The molecule has 1 atom stereocenters. The summed E-state index contributed by atoms with van der Waals surface area (Å²) in [5, 5.41) is 0.496. The molecule has 0 aliphatic carbocycles. The molecule has 0 spiro atoms. The molecule has 0 aliphatic heterocycles. The normalized spacial score (nSPS) is 16.0. The Morgan fingerprint density at radius 2 is 2.30 bits per heavy atom. The third-order valence-electron chi connectivity index (χ3n) is 0.862. The standard InChI is InChI=1S/C5H7Br2ClO2/c1-5(7,2-6)4(9)10-3-8/h2-3H2,1H3. The molecular weight excluding hydrogens is 287 g/mol. The van der Waals surface area contributed by atoms with Crippen LogP contribution < -0.4 is 0 Å². The van der Waals surface area contributed by atoms with Gasteiger partial charge in [0.05, 0.1) is 0 Å². The quantitative estimate of drug-likeness (QED) is 0.589. The van der Waals surface area contributed by atoms with E-state index in [-0.39, 0.29) is 12.0 Å². The summed E-state index contributed by atoms with van der Waals surface area (Å²) in [6.07, 6.45) is 0. The fourth-order valence-corrected chi connectivity index (χ4v) is 0.697. The molecule has 0 bridgehead atoms. The van der Waals surface area contributed by atoms with Gasteiger partial charge in [-0.3, -0.25) is 4.79 Å². The van der Waals surface area contributed by atoms with Gasteiger partial charge in [0.25, 0.3) is 0 Å². The zero-order chi connectivity index (χ0) is 8.20. The maximum atomic E-state index is 10.9. The summed E-state index contributed by atoms with van der Waals surface area (Å²) in [6.45, 7) is 1.70. The van der Waals surface area contributed by atoms with Gasteiger partial charge in [0.15, 0.2) is 6.07 Å². The third kappa shape index (κ3) is 3.21. The van der Waals surface area contributed by atoms with Gasteiger partial charge in [0.1, 0.15) is 4.32 Å². The number of rotatable bonds is 3. The van der Waals surface area contributed by atoms with Gasteiger partial charge in [-0.15, -0.1) is 0 Å². The molecule has 5 heteroatoms. The zero-order valence-corrected chi connectivity index (χ0v) is 9.29. The molecule has 0 aromatic heterocycles. The molecule has 0 radical (unpaired) electrons. The molecule has 2 nitrogen and oxygen atoms in total. The van der Waals surface area contributed by atoms with Gasteiger partial charge in [-0.1, -0.05) is 43.5 Å². The molecule has 0 fully saturated rings. The molecule has 0 aromatic rings. The van der Waals surface area contributed by atoms with Crippen molar-refractivity contribution in [3.05, 3.63) is 0 Å². The average molecular weight is 294 g/mol. The van der Waals surface area contributed by atoms with E-state index in [0.717, 1.165) is 0 Å². The van der Waals surface area contributed by atoms with Crippen LogP contribution >= 0.6 is 43.5 Å². The fourth-order valence-electron chi connectivity index (χ4n) is 0.255. The number of esters is 1. The van der Waals surface area contributed by atoms with Crippen molar-refractivity contribution >= 4 is 49.4 Å². The highest BCUT2D eigenvalue weighted by molar-refractivity contribution is 9.12. The summed E-state index contributed by atoms with van der Waals surface area (Å²) in [6, 6.07) is -0.104. The molecule has 60 valence electrons. The minimum atomic E-state index is -0.665. The first-order chi connectivity index (χ1) is 4.54. The van der Waals surface area contributed by atoms with Crippen molar-refractivity contribution in [2.75, 3.05) is 11.4 Å². The van der Waals surface area contributed by atoms with Gasteiger partial charge in [-0.25, -0.2) is 0 Å². The van der Waals surface area contributed by atoms with Crippen LogP contribution in [0, 0.1) is 0 Å². The van der Waals surface area contributed by atoms with Crippen molar-refractivity contribution in [1.29, 1.82) is 0 Å². The lowest BCUT2D eigenvalue weighted by Crippen LogP contribution is -2.31. The molecule has 0 aliphatic rings. The molecule has 0 amide bonds. The second-order valence-corrected chi connectivity index (χ2v) is 4.40. The van der Waals surface area contributed by atoms with Crippen LogP contribution in [0.4, 0.5) is 0 Å². The van der Waals surface area contributed by atoms with Crippen molar-refractivity contribution in [3.8, 4) is 0 Å². The van der Waals surface area contributed by atoms with Gasteiger partial charge in [-0.05, 0) is 6.92 Å². The van der Waals surface area contributed by atoms with Crippen LogP contribution in [0.2, 0.25) is 0 Å². The fraction of sp³-hybridized carbons (Fsp3) is 0.800. The van der Waals surface area contributed by atoms with Gasteiger partial charge >= 0.3 is 5.97 Å². The predicted molar refractivity (Wildman–Crippen MR) is 47.9 cm³/mol. The summed E-state index contributed by atoms with van der Waals surface area (Å²) in [5.74, 6) is -0.362. The summed E-state index contributed by atoms with van der Waals surface area (Å²) in [7, 11) is 0. The number of carbonyl (C=O) groups is 1. The highest BCUT2D eigenvalue weighted by atomic mass is 79.9. The number of carbonyl (C=O) groups excluding carboxylic acids is 1. The van der Waals surface area contributed by atoms with Crippen molar-refractivity contribution in [2.45, 2.75) is 11.2 Å². The van der Waals surface area contributed by atoms with Crippen LogP contribution in [-0.2, 0) is 9.53 Å². The number of alkyl halides is 3. The molecule has 0 saturated heterocycles. The summed E-state index contributed by atoms with van der Waals surface area (Å²) in [4.78, 5) is 10.9. The molecular formula is C5H7Br2ClO2. The Labute approximate surface area is 81.5 Å². The molecule has 0 saturated carbocycles. The molecule has 0 heterocycles. The first kappa shape index (κ1) is 10.7. The lowest BCUT2D eigenvalue weighted by atomic mass is 10.2. The Hall–Kier alpha value is 0.720. The number of hydrogen-bond donors (Lipinski definition) is 0. The van der Waals surface area contributed by atoms with Crippen LogP contribution in [0.3, 0.4) is 0 Å². The first-order valence-corrected chi connectivity index (χ1v) is 4.97. The topological polar surface area (TPSA) is 26.3 Å². The monoisotopic (exact) mass is 292 g/mol. The average Bonchev–Trinajstić information content (AvgIpc) is 1.89. The van der Waals surface area contributed by atoms with E-state index in [9.17, 15) is 4.79 Å². The Morgan fingerprint density at radius 1 is 1.80 bits per heavy atom. The van der Waals surface area contributed by atoms with E-state index in [2.05, 4.69) is 36.6 Å². The minimum Gasteiger partial charge on any atom is -0.448 e. The van der Waals surface area contributed by atoms with Crippen LogP contribution in [0.5, 0.6) is 0 Å². The summed E-state index contributed by atoms with van der Waals surface area (Å²) >= 11 is 11.5. The maximum Gasteiger partial charge on any atom is 0.324 e. The van der Waals surface area contributed by atoms with E-state index in [1.54, 1.807) is 6.92 Å². The molecule has 0 aromatic carbocycles. The van der Waals surface area contributed by atoms with Crippen molar-refractivity contribution in [2.24, 2.45) is 0 Å². The Bertz CT molecular complexity index is 127. The summed E-state index contributed by atoms with van der Waals surface area (Å²) < 4.78 is 3.88. The van der Waals surface area contributed by atoms with E-state index in [1.165, 1.54) is 0 Å². The van der Waals surface area contributed by atoms with Gasteiger partial charge in [0.2, 0.25) is 0 Å². The zero-order valence-electron chi connectivity index (χ0n) is 5.36. The molecule has 0 N–H and O–H groups in total. The Morgan fingerprint density at radius 3 is 2.60 bits per heavy atom. The second kappa shape index (κ2) is 4.57. The van der Waals surface area contributed by atoms with E-state index in [1.807, 2.05) is 0 Å². The van der Waals surface area contributed by atoms with Crippen LogP contribution in [0.15, 0.2) is 0 Å². The lowest BCUT2D eigenvalue weighted by molar-refractivity contribution is -0.143. The van der Waals surface area contributed by atoms with E-state index in [0.29, 0.717) is 5.33 Å². The summed E-state index contributed by atoms with van der Waals surface area (Å²) in [5.41, 5.74) is 0. The first-order valence-electron chi connectivity index (χ1n) is 2.52. The van der Waals surface area contributed by atoms with E-state index >= 15 is 0 Å². The smallest absolute Gasteiger partial charge is 0.324 e.